The molecule has 1 N–H and O–H groups in total. The minimum atomic E-state index is -4.56. The maximum Gasteiger partial charge on any atom is 0.397 e. The van der Waals surface area contributed by atoms with Crippen molar-refractivity contribution in [2.45, 2.75) is 12.6 Å². The highest BCUT2D eigenvalue weighted by Gasteiger charge is 2.31. The molecule has 0 heterocycles. The normalized spacial score (nSPS) is 10.5. The molecule has 0 saturated carbocycles. The van der Waals surface area contributed by atoms with Crippen LogP contribution in [0.5, 0.6) is 0 Å². The number of halogens is 3. The van der Waals surface area contributed by atoms with E-state index in [1.165, 1.54) is 19.2 Å². The second-order valence-corrected chi connectivity index (χ2v) is 5.24. The molecule has 26 heavy (non-hydrogen) atoms. The van der Waals surface area contributed by atoms with Gasteiger partial charge in [-0.25, -0.2) is 4.79 Å². The molecule has 0 bridgehead atoms. The van der Waals surface area contributed by atoms with Crippen molar-refractivity contribution in [3.8, 4) is 11.8 Å². The number of carbonyl (C=O) groups is 2. The van der Waals surface area contributed by atoms with E-state index >= 15 is 0 Å². The number of hydrogen-bond acceptors (Lipinski definition) is 3. The van der Waals surface area contributed by atoms with Gasteiger partial charge in [-0.1, -0.05) is 24.0 Å². The minimum absolute atomic E-state index is 0.217. The molecule has 0 aromatic heterocycles. The summed E-state index contributed by atoms with van der Waals surface area (Å²) < 4.78 is 41.2. The van der Waals surface area contributed by atoms with Gasteiger partial charge >= 0.3 is 12.1 Å². The second-order valence-electron chi connectivity index (χ2n) is 5.24. The Labute approximate surface area is 148 Å². The minimum Gasteiger partial charge on any atom is -0.465 e. The largest absolute Gasteiger partial charge is 0.465 e. The highest BCUT2D eigenvalue weighted by molar-refractivity contribution is 5.91. The van der Waals surface area contributed by atoms with Gasteiger partial charge < -0.3 is 10.1 Å². The lowest BCUT2D eigenvalue weighted by Gasteiger charge is -2.07. The number of anilines is 1. The van der Waals surface area contributed by atoms with Crippen LogP contribution in [0.15, 0.2) is 48.5 Å². The van der Waals surface area contributed by atoms with Crippen molar-refractivity contribution < 1.29 is 27.5 Å². The quantitative estimate of drug-likeness (QED) is 0.669. The monoisotopic (exact) mass is 361 g/mol. The van der Waals surface area contributed by atoms with E-state index in [0.717, 1.165) is 0 Å². The van der Waals surface area contributed by atoms with Crippen molar-refractivity contribution in [1.82, 2.24) is 0 Å². The molecule has 0 spiro atoms. The first-order chi connectivity index (χ1) is 12.3. The third kappa shape index (κ3) is 5.98. The van der Waals surface area contributed by atoms with Crippen LogP contribution in [-0.4, -0.2) is 25.2 Å². The Morgan fingerprint density at radius 2 is 1.65 bits per heavy atom. The van der Waals surface area contributed by atoms with Crippen LogP contribution < -0.4 is 5.32 Å². The van der Waals surface area contributed by atoms with Gasteiger partial charge in [-0.3, -0.25) is 4.79 Å². The van der Waals surface area contributed by atoms with E-state index in [2.05, 4.69) is 21.9 Å². The van der Waals surface area contributed by atoms with Crippen LogP contribution in [0.1, 0.15) is 27.9 Å². The van der Waals surface area contributed by atoms with E-state index < -0.39 is 24.5 Å². The van der Waals surface area contributed by atoms with Gasteiger partial charge in [-0.05, 0) is 36.4 Å². The molecule has 2 aromatic rings. The van der Waals surface area contributed by atoms with Crippen LogP contribution in [0.2, 0.25) is 0 Å². The van der Waals surface area contributed by atoms with Gasteiger partial charge in [-0.2, -0.15) is 13.2 Å². The van der Waals surface area contributed by atoms with E-state index in [0.29, 0.717) is 16.7 Å². The zero-order valence-corrected chi connectivity index (χ0v) is 13.7. The van der Waals surface area contributed by atoms with Crippen LogP contribution in [-0.2, 0) is 9.53 Å². The number of benzene rings is 2. The number of esters is 1. The van der Waals surface area contributed by atoms with E-state index in [-0.39, 0.29) is 5.69 Å². The van der Waals surface area contributed by atoms with E-state index in [9.17, 15) is 22.8 Å². The van der Waals surface area contributed by atoms with Gasteiger partial charge in [0.25, 0.3) is 0 Å². The van der Waals surface area contributed by atoms with Crippen molar-refractivity contribution in [2.75, 3.05) is 12.4 Å². The van der Waals surface area contributed by atoms with Crippen molar-refractivity contribution in [3.05, 3.63) is 65.2 Å². The Kier molecular flexibility index (Phi) is 6.02. The van der Waals surface area contributed by atoms with Gasteiger partial charge in [0.1, 0.15) is 6.42 Å². The summed E-state index contributed by atoms with van der Waals surface area (Å²) in [5.74, 6) is 4.05. The van der Waals surface area contributed by atoms with Gasteiger partial charge in [0.15, 0.2) is 0 Å². The summed E-state index contributed by atoms with van der Waals surface area (Å²) >= 11 is 0. The van der Waals surface area contributed by atoms with Crippen LogP contribution >= 0.6 is 0 Å². The lowest BCUT2D eigenvalue weighted by atomic mass is 10.1. The average Bonchev–Trinajstić information content (AvgIpc) is 2.58. The molecular formula is C19H14F3NO3. The molecule has 0 atom stereocenters. The smallest absolute Gasteiger partial charge is 0.397 e. The number of ether oxygens (including phenoxy) is 1. The molecule has 0 unspecified atom stereocenters. The number of carbonyl (C=O) groups excluding carboxylic acids is 2. The molecule has 0 saturated heterocycles. The Morgan fingerprint density at radius 1 is 1.04 bits per heavy atom. The average molecular weight is 361 g/mol. The molecule has 0 aliphatic heterocycles. The first-order valence-corrected chi connectivity index (χ1v) is 7.44. The zero-order chi connectivity index (χ0) is 19.2. The fourth-order valence-electron chi connectivity index (χ4n) is 2.05. The number of nitrogens with one attached hydrogen (secondary N) is 1. The fraction of sp³-hybridized carbons (Fsp3) is 0.158. The van der Waals surface area contributed by atoms with Gasteiger partial charge in [-0.15, -0.1) is 0 Å². The molecular weight excluding hydrogens is 347 g/mol. The summed E-state index contributed by atoms with van der Waals surface area (Å²) in [6, 6.07) is 12.7. The molecule has 0 aliphatic carbocycles. The van der Waals surface area contributed by atoms with Gasteiger partial charge in [0.05, 0.1) is 12.7 Å². The van der Waals surface area contributed by atoms with E-state index in [1.54, 1.807) is 36.4 Å². The van der Waals surface area contributed by atoms with Crippen LogP contribution in [0.25, 0.3) is 0 Å². The summed E-state index contributed by atoms with van der Waals surface area (Å²) in [6.45, 7) is 0. The summed E-state index contributed by atoms with van der Waals surface area (Å²) in [5, 5.41) is 2.18. The summed E-state index contributed by atoms with van der Waals surface area (Å²) in [5.41, 5.74) is 1.64. The first kappa shape index (κ1) is 19.1. The van der Waals surface area contributed by atoms with Crippen molar-refractivity contribution in [2.24, 2.45) is 0 Å². The molecule has 4 nitrogen and oxygen atoms in total. The Bertz CT molecular complexity index is 879. The summed E-state index contributed by atoms with van der Waals surface area (Å²) in [6.07, 6.45) is -6.12. The molecule has 0 fully saturated rings. The lowest BCUT2D eigenvalue weighted by Crippen LogP contribution is -2.21. The molecule has 2 aromatic carbocycles. The van der Waals surface area contributed by atoms with Crippen molar-refractivity contribution in [3.63, 3.8) is 0 Å². The van der Waals surface area contributed by atoms with Crippen LogP contribution in [0, 0.1) is 11.8 Å². The SMILES string of the molecule is COC(=O)c1cccc(C#Cc2cccc(NC(=O)CC(F)(F)F)c2)c1. The maximum atomic E-state index is 12.2. The Hall–Kier alpha value is -3.27. The molecule has 0 aliphatic rings. The predicted molar refractivity (Wildman–Crippen MR) is 89.5 cm³/mol. The number of alkyl halides is 3. The molecule has 1 amide bonds. The van der Waals surface area contributed by atoms with Gasteiger partial charge in [0, 0.05) is 16.8 Å². The second kappa shape index (κ2) is 8.21. The first-order valence-electron chi connectivity index (χ1n) is 7.44. The fourth-order valence-corrected chi connectivity index (χ4v) is 2.05. The summed E-state index contributed by atoms with van der Waals surface area (Å²) in [4.78, 5) is 22.8. The number of amides is 1. The van der Waals surface area contributed by atoms with E-state index in [4.69, 9.17) is 0 Å². The number of rotatable bonds is 3. The molecule has 134 valence electrons. The third-order valence-electron chi connectivity index (χ3n) is 3.14. The standard InChI is InChI=1S/C19H14F3NO3/c1-26-18(25)15-6-2-4-13(10-15)8-9-14-5-3-7-16(11-14)23-17(24)12-19(20,21)22/h2-7,10-11H,12H2,1H3,(H,23,24). The van der Waals surface area contributed by atoms with Crippen LogP contribution in [0.3, 0.4) is 0 Å². The lowest BCUT2D eigenvalue weighted by molar-refractivity contribution is -0.150. The zero-order valence-electron chi connectivity index (χ0n) is 13.7. The number of hydrogen-bond donors (Lipinski definition) is 1. The highest BCUT2D eigenvalue weighted by Crippen LogP contribution is 2.20. The maximum absolute atomic E-state index is 12.2. The Balaban J connectivity index is 2.14. The third-order valence-corrected chi connectivity index (χ3v) is 3.14. The van der Waals surface area contributed by atoms with Crippen molar-refractivity contribution >= 4 is 17.6 Å². The molecule has 7 heteroatoms. The van der Waals surface area contributed by atoms with E-state index in [1.807, 2.05) is 0 Å². The highest BCUT2D eigenvalue weighted by atomic mass is 19.4. The van der Waals surface area contributed by atoms with Crippen LogP contribution in [0.4, 0.5) is 18.9 Å². The molecule has 0 radical (unpaired) electrons. The van der Waals surface area contributed by atoms with Gasteiger partial charge in [0.2, 0.25) is 5.91 Å². The number of methoxy groups -OCH3 is 1. The Morgan fingerprint density at radius 3 is 2.27 bits per heavy atom. The summed E-state index contributed by atoms with van der Waals surface area (Å²) in [7, 11) is 1.28. The predicted octanol–water partition coefficient (Wildman–Crippen LogP) is 3.76. The topological polar surface area (TPSA) is 55.4 Å². The van der Waals surface area contributed by atoms with Crippen molar-refractivity contribution in [1.29, 1.82) is 0 Å². The molecule has 2 rings (SSSR count).